The maximum absolute atomic E-state index is 5.78. The Hall–Kier alpha value is -1.97. The topological polar surface area (TPSA) is 47.1 Å². The first-order chi connectivity index (χ1) is 7.59. The number of anilines is 2. The lowest BCUT2D eigenvalue weighted by Crippen LogP contribution is -2.11. The first kappa shape index (κ1) is 10.5. The van der Waals surface area contributed by atoms with Crippen LogP contribution in [0.3, 0.4) is 0 Å². The Labute approximate surface area is 95.3 Å². The summed E-state index contributed by atoms with van der Waals surface area (Å²) >= 11 is 0. The lowest BCUT2D eigenvalue weighted by atomic mass is 10.1. The van der Waals surface area contributed by atoms with E-state index in [-0.39, 0.29) is 0 Å². The molecule has 0 unspecified atom stereocenters. The molecule has 0 aliphatic rings. The first-order valence-electron chi connectivity index (χ1n) is 5.17. The van der Waals surface area contributed by atoms with E-state index < -0.39 is 0 Å². The van der Waals surface area contributed by atoms with Crippen LogP contribution in [0.4, 0.5) is 11.6 Å². The van der Waals surface area contributed by atoms with Crippen LogP contribution >= 0.6 is 0 Å². The zero-order valence-electron chi connectivity index (χ0n) is 9.81. The summed E-state index contributed by atoms with van der Waals surface area (Å²) in [7, 11) is 4.06. The van der Waals surface area contributed by atoms with Gasteiger partial charge in [0.25, 0.3) is 0 Å². The molecule has 0 aliphatic carbocycles. The highest BCUT2D eigenvalue weighted by Gasteiger charge is 2.05. The van der Waals surface area contributed by atoms with E-state index in [1.165, 1.54) is 11.3 Å². The fourth-order valence-corrected chi connectivity index (χ4v) is 1.76. The van der Waals surface area contributed by atoms with E-state index in [2.05, 4.69) is 28.9 Å². The molecule has 0 spiro atoms. The third kappa shape index (κ3) is 1.74. The number of hydrogen-bond donors (Lipinski definition) is 1. The normalized spacial score (nSPS) is 10.4. The Morgan fingerprint density at radius 3 is 2.62 bits per heavy atom. The SMILES string of the molecule is Cc1ccc(-n2ccnc2N)cc1N(C)C. The van der Waals surface area contributed by atoms with Crippen LogP contribution in [0, 0.1) is 6.92 Å². The van der Waals surface area contributed by atoms with Gasteiger partial charge in [0.1, 0.15) is 0 Å². The fourth-order valence-electron chi connectivity index (χ4n) is 1.76. The van der Waals surface area contributed by atoms with Gasteiger partial charge in [-0.1, -0.05) is 6.07 Å². The minimum Gasteiger partial charge on any atom is -0.377 e. The molecule has 0 saturated carbocycles. The second-order valence-corrected chi connectivity index (χ2v) is 4.02. The number of aryl methyl sites for hydroxylation is 1. The molecule has 4 nitrogen and oxygen atoms in total. The quantitative estimate of drug-likeness (QED) is 0.833. The van der Waals surface area contributed by atoms with Gasteiger partial charge in [-0.15, -0.1) is 0 Å². The van der Waals surface area contributed by atoms with Crippen molar-refractivity contribution < 1.29 is 0 Å². The molecule has 2 N–H and O–H groups in total. The molecule has 0 saturated heterocycles. The van der Waals surface area contributed by atoms with Gasteiger partial charge in [0.15, 0.2) is 0 Å². The van der Waals surface area contributed by atoms with Crippen molar-refractivity contribution in [1.82, 2.24) is 9.55 Å². The number of imidazole rings is 1. The summed E-state index contributed by atoms with van der Waals surface area (Å²) in [6, 6.07) is 6.23. The van der Waals surface area contributed by atoms with Crippen LogP contribution in [0.15, 0.2) is 30.6 Å². The maximum atomic E-state index is 5.78. The highest BCUT2D eigenvalue weighted by Crippen LogP contribution is 2.22. The monoisotopic (exact) mass is 216 g/mol. The van der Waals surface area contributed by atoms with Crippen molar-refractivity contribution in [2.24, 2.45) is 0 Å². The van der Waals surface area contributed by atoms with Gasteiger partial charge in [-0.05, 0) is 24.6 Å². The third-order valence-corrected chi connectivity index (χ3v) is 2.62. The minimum atomic E-state index is 0.508. The van der Waals surface area contributed by atoms with Crippen LogP contribution in [0.1, 0.15) is 5.56 Å². The van der Waals surface area contributed by atoms with Crippen LogP contribution in [-0.2, 0) is 0 Å². The molecular weight excluding hydrogens is 200 g/mol. The first-order valence-corrected chi connectivity index (χ1v) is 5.17. The van der Waals surface area contributed by atoms with E-state index in [1.807, 2.05) is 30.9 Å². The van der Waals surface area contributed by atoms with E-state index in [9.17, 15) is 0 Å². The molecule has 4 heteroatoms. The van der Waals surface area contributed by atoms with Crippen LogP contribution in [0.5, 0.6) is 0 Å². The maximum Gasteiger partial charge on any atom is 0.204 e. The van der Waals surface area contributed by atoms with Crippen LogP contribution in [0.25, 0.3) is 5.69 Å². The Kier molecular flexibility index (Phi) is 2.56. The van der Waals surface area contributed by atoms with Crippen molar-refractivity contribution in [3.8, 4) is 5.69 Å². The predicted molar refractivity (Wildman–Crippen MR) is 67.0 cm³/mol. The van der Waals surface area contributed by atoms with Gasteiger partial charge in [0, 0.05) is 32.2 Å². The third-order valence-electron chi connectivity index (χ3n) is 2.62. The van der Waals surface area contributed by atoms with Crippen molar-refractivity contribution in [3.63, 3.8) is 0 Å². The largest absolute Gasteiger partial charge is 0.377 e. The molecule has 0 radical (unpaired) electrons. The van der Waals surface area contributed by atoms with Gasteiger partial charge in [-0.3, -0.25) is 4.57 Å². The Balaban J connectivity index is 2.52. The standard InChI is InChI=1S/C12H16N4/c1-9-4-5-10(8-11(9)15(2)3)16-7-6-14-12(16)13/h4-8H,1-3H3,(H2,13,14). The number of hydrogen-bond acceptors (Lipinski definition) is 3. The summed E-state index contributed by atoms with van der Waals surface area (Å²) in [6.45, 7) is 2.09. The van der Waals surface area contributed by atoms with E-state index >= 15 is 0 Å². The molecule has 1 aromatic carbocycles. The average Bonchev–Trinajstić information content (AvgIpc) is 2.65. The van der Waals surface area contributed by atoms with E-state index in [1.54, 1.807) is 6.20 Å². The second-order valence-electron chi connectivity index (χ2n) is 4.02. The summed E-state index contributed by atoms with van der Waals surface area (Å²) in [5, 5.41) is 0. The molecule has 0 fully saturated rings. The number of nitrogens with zero attached hydrogens (tertiary/aromatic N) is 3. The highest BCUT2D eigenvalue weighted by atomic mass is 15.1. The van der Waals surface area contributed by atoms with Crippen molar-refractivity contribution in [1.29, 1.82) is 0 Å². The number of nitrogen functional groups attached to an aromatic ring is 1. The molecule has 1 aromatic heterocycles. The summed E-state index contributed by atoms with van der Waals surface area (Å²) in [4.78, 5) is 6.11. The van der Waals surface area contributed by atoms with Gasteiger partial charge in [-0.25, -0.2) is 4.98 Å². The van der Waals surface area contributed by atoms with Crippen molar-refractivity contribution >= 4 is 11.6 Å². The Morgan fingerprint density at radius 2 is 2.06 bits per heavy atom. The number of aromatic nitrogens is 2. The Bertz CT molecular complexity index is 499. The molecule has 16 heavy (non-hydrogen) atoms. The number of rotatable bonds is 2. The summed E-state index contributed by atoms with van der Waals surface area (Å²) in [5.74, 6) is 0.508. The van der Waals surface area contributed by atoms with Crippen molar-refractivity contribution in [2.75, 3.05) is 24.7 Å². The van der Waals surface area contributed by atoms with Gasteiger partial charge in [-0.2, -0.15) is 0 Å². The molecule has 2 aromatic rings. The van der Waals surface area contributed by atoms with Gasteiger partial charge in [0.2, 0.25) is 5.95 Å². The van der Waals surface area contributed by atoms with Gasteiger partial charge >= 0.3 is 0 Å². The summed E-state index contributed by atoms with van der Waals surface area (Å²) in [6.07, 6.45) is 3.56. The average molecular weight is 216 g/mol. The molecule has 2 rings (SSSR count). The lowest BCUT2D eigenvalue weighted by molar-refractivity contribution is 1.05. The van der Waals surface area contributed by atoms with Crippen LogP contribution in [-0.4, -0.2) is 23.6 Å². The zero-order chi connectivity index (χ0) is 11.7. The Morgan fingerprint density at radius 1 is 1.31 bits per heavy atom. The molecule has 0 bridgehead atoms. The number of benzene rings is 1. The molecule has 84 valence electrons. The van der Waals surface area contributed by atoms with Crippen molar-refractivity contribution in [2.45, 2.75) is 6.92 Å². The van der Waals surface area contributed by atoms with Crippen molar-refractivity contribution in [3.05, 3.63) is 36.2 Å². The molecular formula is C12H16N4. The summed E-state index contributed by atoms with van der Waals surface area (Å²) < 4.78 is 1.87. The molecule has 0 aliphatic heterocycles. The van der Waals surface area contributed by atoms with E-state index in [0.29, 0.717) is 5.95 Å². The lowest BCUT2D eigenvalue weighted by Gasteiger charge is -2.17. The highest BCUT2D eigenvalue weighted by molar-refractivity contribution is 5.58. The van der Waals surface area contributed by atoms with Gasteiger partial charge < -0.3 is 10.6 Å². The van der Waals surface area contributed by atoms with Gasteiger partial charge in [0.05, 0.1) is 5.69 Å². The number of nitrogens with two attached hydrogens (primary N) is 1. The fraction of sp³-hybridized carbons (Fsp3) is 0.250. The molecule has 1 heterocycles. The predicted octanol–water partition coefficient (Wildman–Crippen LogP) is 1.83. The van der Waals surface area contributed by atoms with Crippen LogP contribution in [0.2, 0.25) is 0 Å². The van der Waals surface area contributed by atoms with Crippen LogP contribution < -0.4 is 10.6 Å². The zero-order valence-corrected chi connectivity index (χ0v) is 9.81. The minimum absolute atomic E-state index is 0.508. The van der Waals surface area contributed by atoms with E-state index in [4.69, 9.17) is 5.73 Å². The molecule has 0 amide bonds. The molecule has 0 atom stereocenters. The van der Waals surface area contributed by atoms with E-state index in [0.717, 1.165) is 5.69 Å². The summed E-state index contributed by atoms with van der Waals surface area (Å²) in [5.41, 5.74) is 9.24. The second kappa shape index (κ2) is 3.89. The smallest absolute Gasteiger partial charge is 0.204 e.